The quantitative estimate of drug-likeness (QED) is 0.422. The summed E-state index contributed by atoms with van der Waals surface area (Å²) < 4.78 is 5.12. The summed E-state index contributed by atoms with van der Waals surface area (Å²) in [6, 6.07) is 0. The van der Waals surface area contributed by atoms with Crippen molar-refractivity contribution in [1.29, 1.82) is 0 Å². The molecule has 66 valence electrons. The third-order valence-electron chi connectivity index (χ3n) is 2.09. The van der Waals surface area contributed by atoms with Crippen LogP contribution in [0, 0.1) is 0 Å². The molecule has 0 aromatic rings. The highest BCUT2D eigenvalue weighted by Gasteiger charge is 2.39. The van der Waals surface area contributed by atoms with Crippen molar-refractivity contribution in [3.8, 4) is 0 Å². The second kappa shape index (κ2) is 3.06. The Morgan fingerprint density at radius 3 is 1.55 bits per heavy atom. The first-order valence-electron chi connectivity index (χ1n) is 3.73. The van der Waals surface area contributed by atoms with Gasteiger partial charge in [0, 0.05) is 0 Å². The van der Waals surface area contributed by atoms with Crippen LogP contribution in [-0.4, -0.2) is 45.8 Å². The fourth-order valence-electron chi connectivity index (χ4n) is 1.26. The molecule has 0 saturated carbocycles. The zero-order chi connectivity index (χ0) is 8.59. The zero-order valence-corrected chi connectivity index (χ0v) is 6.64. The summed E-state index contributed by atoms with van der Waals surface area (Å²) in [4.78, 5) is 0. The van der Waals surface area contributed by atoms with Crippen molar-refractivity contribution < 1.29 is 20.1 Å². The fourth-order valence-corrected chi connectivity index (χ4v) is 1.26. The molecule has 1 fully saturated rings. The molecule has 0 aromatic carbocycles. The maximum atomic E-state index is 9.21. The molecule has 0 radical (unpaired) electrons. The highest BCUT2D eigenvalue weighted by molar-refractivity contribution is 4.88. The lowest BCUT2D eigenvalue weighted by atomic mass is 9.97. The van der Waals surface area contributed by atoms with E-state index in [4.69, 9.17) is 4.74 Å². The van der Waals surface area contributed by atoms with Crippen molar-refractivity contribution in [2.24, 2.45) is 0 Å². The molecule has 0 aliphatic carbocycles. The number of rotatable bonds is 0. The summed E-state index contributed by atoms with van der Waals surface area (Å²) >= 11 is 0. The SMILES string of the molecule is CC1O[C@H](C)[C@@H](O)C(O)[C@@H]1O. The smallest absolute Gasteiger partial charge is 0.111 e. The maximum Gasteiger partial charge on any atom is 0.111 e. The minimum atomic E-state index is -1.09. The van der Waals surface area contributed by atoms with Gasteiger partial charge in [0.25, 0.3) is 0 Å². The normalized spacial score (nSPS) is 52.6. The molecule has 4 heteroatoms. The van der Waals surface area contributed by atoms with E-state index in [9.17, 15) is 15.3 Å². The summed E-state index contributed by atoms with van der Waals surface area (Å²) in [5.41, 5.74) is 0. The molecular weight excluding hydrogens is 148 g/mol. The van der Waals surface area contributed by atoms with E-state index in [1.165, 1.54) is 0 Å². The van der Waals surface area contributed by atoms with Gasteiger partial charge in [-0.1, -0.05) is 0 Å². The van der Waals surface area contributed by atoms with Gasteiger partial charge >= 0.3 is 0 Å². The first-order chi connectivity index (χ1) is 5.04. The van der Waals surface area contributed by atoms with Crippen LogP contribution < -0.4 is 0 Å². The zero-order valence-electron chi connectivity index (χ0n) is 6.64. The molecule has 1 aliphatic rings. The van der Waals surface area contributed by atoms with Crippen LogP contribution in [0.3, 0.4) is 0 Å². The first kappa shape index (κ1) is 8.93. The van der Waals surface area contributed by atoms with E-state index in [1.807, 2.05) is 0 Å². The average Bonchev–Trinajstić information content (AvgIpc) is 1.97. The van der Waals surface area contributed by atoms with Gasteiger partial charge < -0.3 is 20.1 Å². The molecule has 11 heavy (non-hydrogen) atoms. The van der Waals surface area contributed by atoms with Crippen LogP contribution in [0.1, 0.15) is 13.8 Å². The molecule has 1 rings (SSSR count). The predicted octanol–water partition coefficient (Wildman–Crippen LogP) is -1.12. The highest BCUT2D eigenvalue weighted by atomic mass is 16.5. The van der Waals surface area contributed by atoms with Gasteiger partial charge in [0.15, 0.2) is 0 Å². The molecule has 0 bridgehead atoms. The Morgan fingerprint density at radius 2 is 1.18 bits per heavy atom. The molecule has 3 N–H and O–H groups in total. The number of aliphatic hydroxyl groups is 3. The van der Waals surface area contributed by atoms with Gasteiger partial charge in [-0.05, 0) is 13.8 Å². The third-order valence-corrected chi connectivity index (χ3v) is 2.09. The van der Waals surface area contributed by atoms with Gasteiger partial charge in [-0.3, -0.25) is 0 Å². The van der Waals surface area contributed by atoms with Gasteiger partial charge in [0.2, 0.25) is 0 Å². The van der Waals surface area contributed by atoms with E-state index in [0.717, 1.165) is 0 Å². The van der Waals surface area contributed by atoms with Gasteiger partial charge in [0.05, 0.1) is 12.2 Å². The van der Waals surface area contributed by atoms with Crippen molar-refractivity contribution in [2.45, 2.75) is 44.4 Å². The Kier molecular flexibility index (Phi) is 2.49. The summed E-state index contributed by atoms with van der Waals surface area (Å²) in [5, 5.41) is 27.6. The molecule has 1 saturated heterocycles. The summed E-state index contributed by atoms with van der Waals surface area (Å²) in [6.45, 7) is 3.33. The van der Waals surface area contributed by atoms with Gasteiger partial charge in [0.1, 0.15) is 18.3 Å². The Hall–Kier alpha value is -0.160. The molecule has 4 nitrogen and oxygen atoms in total. The largest absolute Gasteiger partial charge is 0.388 e. The fraction of sp³-hybridized carbons (Fsp3) is 1.00. The van der Waals surface area contributed by atoms with Crippen LogP contribution in [0.25, 0.3) is 0 Å². The molecule has 5 atom stereocenters. The van der Waals surface area contributed by atoms with Crippen LogP contribution in [0.4, 0.5) is 0 Å². The van der Waals surface area contributed by atoms with E-state index < -0.39 is 30.5 Å². The number of ether oxygens (including phenoxy) is 1. The van der Waals surface area contributed by atoms with E-state index in [2.05, 4.69) is 0 Å². The van der Waals surface area contributed by atoms with Gasteiger partial charge in [-0.15, -0.1) is 0 Å². The van der Waals surface area contributed by atoms with E-state index >= 15 is 0 Å². The number of hydrogen-bond acceptors (Lipinski definition) is 4. The second-order valence-electron chi connectivity index (χ2n) is 3.02. The minimum Gasteiger partial charge on any atom is -0.388 e. The van der Waals surface area contributed by atoms with Crippen LogP contribution in [0.5, 0.6) is 0 Å². The number of hydrogen-bond donors (Lipinski definition) is 3. The average molecular weight is 162 g/mol. The topological polar surface area (TPSA) is 69.9 Å². The standard InChI is InChI=1S/C7H14O4/c1-3-5(8)7(10)6(9)4(2)11-3/h3-10H,1-2H3/t3-,4?,5-,6-,7?/m1/s1. The molecule has 1 aliphatic heterocycles. The Balaban J connectivity index is 2.63. The summed E-state index contributed by atoms with van der Waals surface area (Å²) in [6.07, 6.45) is -3.89. The van der Waals surface area contributed by atoms with Crippen LogP contribution >= 0.6 is 0 Å². The lowest BCUT2D eigenvalue weighted by Gasteiger charge is -2.37. The van der Waals surface area contributed by atoms with Gasteiger partial charge in [-0.25, -0.2) is 0 Å². The summed E-state index contributed by atoms with van der Waals surface area (Å²) in [5.74, 6) is 0. The maximum absolute atomic E-state index is 9.21. The van der Waals surface area contributed by atoms with Gasteiger partial charge in [-0.2, -0.15) is 0 Å². The Bertz CT molecular complexity index is 124. The van der Waals surface area contributed by atoms with Crippen molar-refractivity contribution in [3.05, 3.63) is 0 Å². The molecule has 0 amide bonds. The van der Waals surface area contributed by atoms with E-state index in [0.29, 0.717) is 0 Å². The lowest BCUT2D eigenvalue weighted by Crippen LogP contribution is -2.55. The third kappa shape index (κ3) is 1.54. The van der Waals surface area contributed by atoms with Crippen molar-refractivity contribution in [1.82, 2.24) is 0 Å². The van der Waals surface area contributed by atoms with E-state index in [1.54, 1.807) is 13.8 Å². The van der Waals surface area contributed by atoms with Crippen molar-refractivity contribution in [3.63, 3.8) is 0 Å². The second-order valence-corrected chi connectivity index (χ2v) is 3.02. The molecule has 1 heterocycles. The Morgan fingerprint density at radius 1 is 0.818 bits per heavy atom. The predicted molar refractivity (Wildman–Crippen MR) is 38.0 cm³/mol. The Labute approximate surface area is 65.4 Å². The minimum absolute atomic E-state index is 0.414. The number of aliphatic hydroxyl groups excluding tert-OH is 3. The molecule has 0 aromatic heterocycles. The van der Waals surface area contributed by atoms with E-state index in [-0.39, 0.29) is 0 Å². The van der Waals surface area contributed by atoms with Crippen LogP contribution in [0.15, 0.2) is 0 Å². The highest BCUT2D eigenvalue weighted by Crippen LogP contribution is 2.19. The molecule has 0 spiro atoms. The first-order valence-corrected chi connectivity index (χ1v) is 3.73. The summed E-state index contributed by atoms with van der Waals surface area (Å²) in [7, 11) is 0. The molecular formula is C7H14O4. The van der Waals surface area contributed by atoms with Crippen LogP contribution in [-0.2, 0) is 4.74 Å². The van der Waals surface area contributed by atoms with Crippen molar-refractivity contribution in [2.75, 3.05) is 0 Å². The monoisotopic (exact) mass is 162 g/mol. The van der Waals surface area contributed by atoms with Crippen molar-refractivity contribution >= 4 is 0 Å². The van der Waals surface area contributed by atoms with Crippen LogP contribution in [0.2, 0.25) is 0 Å². The molecule has 2 unspecified atom stereocenters. The lowest BCUT2D eigenvalue weighted by molar-refractivity contribution is -0.211.